The average molecular weight is 513 g/mol. The van der Waals surface area contributed by atoms with Crippen LogP contribution in [0.5, 0.6) is 0 Å². The maximum absolute atomic E-state index is 3.62. The van der Waals surface area contributed by atoms with Crippen LogP contribution < -0.4 is 9.80 Å². The van der Waals surface area contributed by atoms with Crippen molar-refractivity contribution in [1.82, 2.24) is 0 Å². The van der Waals surface area contributed by atoms with E-state index in [0.29, 0.717) is 0 Å². The Bertz CT molecular complexity index is 1710. The van der Waals surface area contributed by atoms with E-state index in [1.807, 2.05) is 0 Å². The molecule has 1 aliphatic rings. The van der Waals surface area contributed by atoms with Crippen molar-refractivity contribution in [2.75, 3.05) is 9.80 Å². The fraction of sp³-hybridized carbons (Fsp3) is 0. The standard InChI is InChI=1S/C32H21BrN2/c33-22-18-20-24(21-19-22)35-30-17-9-8-16-29(30)34(23-10-2-1-3-11-23)31-27-14-6-4-12-25(27)26-13-5-7-15-28(26)32(31)35/h1-21H. The summed E-state index contributed by atoms with van der Waals surface area (Å²) in [5.41, 5.74) is 7.00. The Morgan fingerprint density at radius 1 is 0.371 bits per heavy atom. The Kier molecular flexibility index (Phi) is 4.64. The van der Waals surface area contributed by atoms with Gasteiger partial charge in [0.15, 0.2) is 0 Å². The maximum Gasteiger partial charge on any atom is 0.0788 e. The molecule has 0 saturated heterocycles. The van der Waals surface area contributed by atoms with Gasteiger partial charge < -0.3 is 9.80 Å². The summed E-state index contributed by atoms with van der Waals surface area (Å²) in [7, 11) is 0. The second-order valence-corrected chi connectivity index (χ2v) is 9.68. The van der Waals surface area contributed by atoms with Crippen molar-refractivity contribution >= 4 is 71.6 Å². The van der Waals surface area contributed by atoms with Crippen LogP contribution >= 0.6 is 15.9 Å². The molecule has 7 rings (SSSR count). The van der Waals surface area contributed by atoms with Crippen molar-refractivity contribution in [2.24, 2.45) is 0 Å². The normalized spacial score (nSPS) is 12.6. The first kappa shape index (κ1) is 20.3. The third kappa shape index (κ3) is 3.09. The average Bonchev–Trinajstić information content (AvgIpc) is 2.93. The van der Waals surface area contributed by atoms with Crippen molar-refractivity contribution in [2.45, 2.75) is 0 Å². The third-order valence-electron chi connectivity index (χ3n) is 6.79. The van der Waals surface area contributed by atoms with E-state index in [2.05, 4.69) is 153 Å². The van der Waals surface area contributed by atoms with E-state index < -0.39 is 0 Å². The lowest BCUT2D eigenvalue weighted by atomic mass is 9.93. The number of hydrogen-bond acceptors (Lipinski definition) is 2. The van der Waals surface area contributed by atoms with Gasteiger partial charge in [0.25, 0.3) is 0 Å². The first-order valence-corrected chi connectivity index (χ1v) is 12.5. The molecule has 35 heavy (non-hydrogen) atoms. The van der Waals surface area contributed by atoms with Crippen LogP contribution in [0.1, 0.15) is 0 Å². The van der Waals surface area contributed by atoms with Gasteiger partial charge in [0, 0.05) is 26.6 Å². The van der Waals surface area contributed by atoms with E-state index in [1.165, 1.54) is 32.9 Å². The zero-order valence-corrected chi connectivity index (χ0v) is 20.5. The van der Waals surface area contributed by atoms with E-state index in [4.69, 9.17) is 0 Å². The Balaban J connectivity index is 1.70. The van der Waals surface area contributed by atoms with Crippen LogP contribution in [0.4, 0.5) is 34.1 Å². The van der Waals surface area contributed by atoms with Gasteiger partial charge in [0.1, 0.15) is 0 Å². The van der Waals surface area contributed by atoms with Crippen LogP contribution in [0.2, 0.25) is 0 Å². The highest BCUT2D eigenvalue weighted by molar-refractivity contribution is 9.10. The quantitative estimate of drug-likeness (QED) is 0.212. The van der Waals surface area contributed by atoms with Crippen molar-refractivity contribution in [3.8, 4) is 0 Å². The van der Waals surface area contributed by atoms with Gasteiger partial charge in [0.05, 0.1) is 22.7 Å². The van der Waals surface area contributed by atoms with Crippen LogP contribution in [0.3, 0.4) is 0 Å². The number of rotatable bonds is 2. The lowest BCUT2D eigenvalue weighted by Crippen LogP contribution is -2.24. The molecule has 0 bridgehead atoms. The van der Waals surface area contributed by atoms with Gasteiger partial charge in [-0.25, -0.2) is 0 Å². The number of nitrogens with zero attached hydrogens (tertiary/aromatic N) is 2. The minimum Gasteiger partial charge on any atom is -0.306 e. The summed E-state index contributed by atoms with van der Waals surface area (Å²) in [6.45, 7) is 0. The molecule has 1 aliphatic heterocycles. The molecule has 0 aliphatic carbocycles. The van der Waals surface area contributed by atoms with E-state index in [0.717, 1.165) is 27.2 Å². The van der Waals surface area contributed by atoms with Gasteiger partial charge in [0.2, 0.25) is 0 Å². The minimum atomic E-state index is 1.07. The summed E-state index contributed by atoms with van der Waals surface area (Å²) in [4.78, 5) is 4.85. The molecule has 0 fully saturated rings. The molecule has 0 spiro atoms. The smallest absolute Gasteiger partial charge is 0.0788 e. The van der Waals surface area contributed by atoms with Gasteiger partial charge >= 0.3 is 0 Å². The van der Waals surface area contributed by atoms with Crippen molar-refractivity contribution in [1.29, 1.82) is 0 Å². The van der Waals surface area contributed by atoms with Gasteiger partial charge in [-0.1, -0.05) is 94.8 Å². The molecule has 3 heteroatoms. The van der Waals surface area contributed by atoms with Crippen molar-refractivity contribution < 1.29 is 0 Å². The summed E-state index contributed by atoms with van der Waals surface area (Å²) in [6, 6.07) is 45.5. The number of fused-ring (bicyclic) bond motifs is 7. The number of anilines is 6. The minimum absolute atomic E-state index is 1.07. The number of hydrogen-bond donors (Lipinski definition) is 0. The monoisotopic (exact) mass is 512 g/mol. The van der Waals surface area contributed by atoms with Crippen molar-refractivity contribution in [3.63, 3.8) is 0 Å². The largest absolute Gasteiger partial charge is 0.306 e. The Morgan fingerprint density at radius 3 is 1.29 bits per heavy atom. The van der Waals surface area contributed by atoms with E-state index in [9.17, 15) is 0 Å². The molecular formula is C32H21BrN2. The summed E-state index contributed by atoms with van der Waals surface area (Å²) < 4.78 is 1.07. The molecule has 1 heterocycles. The fourth-order valence-electron chi connectivity index (χ4n) is 5.34. The van der Waals surface area contributed by atoms with Gasteiger partial charge in [-0.05, 0) is 59.3 Å². The number of benzene rings is 6. The fourth-order valence-corrected chi connectivity index (χ4v) is 5.61. The summed E-state index contributed by atoms with van der Waals surface area (Å²) in [5, 5.41) is 5.00. The first-order chi connectivity index (χ1) is 17.3. The van der Waals surface area contributed by atoms with Crippen LogP contribution in [-0.2, 0) is 0 Å². The highest BCUT2D eigenvalue weighted by atomic mass is 79.9. The second-order valence-electron chi connectivity index (χ2n) is 8.76. The topological polar surface area (TPSA) is 6.48 Å². The van der Waals surface area contributed by atoms with Crippen LogP contribution in [-0.4, -0.2) is 0 Å². The van der Waals surface area contributed by atoms with Crippen LogP contribution in [0, 0.1) is 0 Å². The molecule has 2 nitrogen and oxygen atoms in total. The summed E-state index contributed by atoms with van der Waals surface area (Å²) in [6.07, 6.45) is 0. The molecule has 0 N–H and O–H groups in total. The molecule has 0 radical (unpaired) electrons. The Labute approximate surface area is 212 Å². The predicted octanol–water partition coefficient (Wildman–Crippen LogP) is 10.0. The number of para-hydroxylation sites is 3. The van der Waals surface area contributed by atoms with Crippen molar-refractivity contribution in [3.05, 3.63) is 132 Å². The number of halogens is 1. The molecule has 0 atom stereocenters. The van der Waals surface area contributed by atoms with Gasteiger partial charge in [-0.15, -0.1) is 0 Å². The lowest BCUT2D eigenvalue weighted by molar-refractivity contribution is 1.19. The summed E-state index contributed by atoms with van der Waals surface area (Å²) in [5.74, 6) is 0. The van der Waals surface area contributed by atoms with E-state index in [-0.39, 0.29) is 0 Å². The molecule has 166 valence electrons. The predicted molar refractivity (Wildman–Crippen MR) is 152 cm³/mol. The highest BCUT2D eigenvalue weighted by Crippen LogP contribution is 2.58. The molecule has 6 aromatic rings. The SMILES string of the molecule is Brc1ccc(N2c3ccccc3N(c3ccccc3)c3c2c2ccccc2c2ccccc32)cc1. The highest BCUT2D eigenvalue weighted by Gasteiger charge is 2.33. The molecule has 0 saturated carbocycles. The first-order valence-electron chi connectivity index (χ1n) is 11.7. The Morgan fingerprint density at radius 2 is 0.771 bits per heavy atom. The van der Waals surface area contributed by atoms with Gasteiger partial charge in [-0.2, -0.15) is 0 Å². The molecular weight excluding hydrogens is 492 g/mol. The molecule has 0 amide bonds. The van der Waals surface area contributed by atoms with E-state index >= 15 is 0 Å². The zero-order valence-electron chi connectivity index (χ0n) is 18.9. The Hall–Kier alpha value is -4.08. The lowest BCUT2D eigenvalue weighted by Gasteiger charge is -2.42. The zero-order chi connectivity index (χ0) is 23.4. The maximum atomic E-state index is 3.62. The van der Waals surface area contributed by atoms with Crippen LogP contribution in [0.25, 0.3) is 21.5 Å². The van der Waals surface area contributed by atoms with Gasteiger partial charge in [-0.3, -0.25) is 0 Å². The third-order valence-corrected chi connectivity index (χ3v) is 7.32. The van der Waals surface area contributed by atoms with E-state index in [1.54, 1.807) is 0 Å². The molecule has 6 aromatic carbocycles. The summed E-state index contributed by atoms with van der Waals surface area (Å²) >= 11 is 3.62. The van der Waals surface area contributed by atoms with Crippen LogP contribution in [0.15, 0.2) is 132 Å². The molecule has 0 aromatic heterocycles. The second kappa shape index (κ2) is 8.00. The molecule has 0 unspecified atom stereocenters.